The van der Waals surface area contributed by atoms with Crippen LogP contribution in [0.3, 0.4) is 0 Å². The van der Waals surface area contributed by atoms with Crippen LogP contribution in [0.4, 0.5) is 13.2 Å². The van der Waals surface area contributed by atoms with Crippen molar-refractivity contribution < 1.29 is 18.3 Å². The predicted octanol–water partition coefficient (Wildman–Crippen LogP) is 2.82. The van der Waals surface area contributed by atoms with E-state index in [4.69, 9.17) is 0 Å². The fourth-order valence-electron chi connectivity index (χ4n) is 5.68. The highest BCUT2D eigenvalue weighted by atomic mass is 19.4. The van der Waals surface area contributed by atoms with E-state index in [0.717, 1.165) is 16.9 Å². The molecule has 2 aromatic heterocycles. The first-order valence-corrected chi connectivity index (χ1v) is 11.5. The number of aryl methyl sites for hydroxylation is 1. The summed E-state index contributed by atoms with van der Waals surface area (Å²) in [6.45, 7) is 0.752. The summed E-state index contributed by atoms with van der Waals surface area (Å²) in [7, 11) is 1.56. The second kappa shape index (κ2) is 7.46. The standard InChI is InChI=1S/C22H29F3N4O3/c1-27-18-17(28(12-26-18)11-15-9-16(15)14-3-2-4-14)19(30)29(20(27)31)10-13-5-7-21(32,8-6-13)22(23,24)25/h12-16,32H,2-11H2,1H3. The van der Waals surface area contributed by atoms with Crippen molar-refractivity contribution >= 4 is 11.2 Å². The lowest BCUT2D eigenvalue weighted by Crippen LogP contribution is -2.49. The van der Waals surface area contributed by atoms with Gasteiger partial charge in [0, 0.05) is 20.1 Å². The molecule has 0 aliphatic heterocycles. The van der Waals surface area contributed by atoms with Crippen molar-refractivity contribution in [3.8, 4) is 0 Å². The summed E-state index contributed by atoms with van der Waals surface area (Å²) >= 11 is 0. The van der Waals surface area contributed by atoms with E-state index in [9.17, 15) is 27.9 Å². The van der Waals surface area contributed by atoms with Gasteiger partial charge in [0.2, 0.25) is 0 Å². The maximum absolute atomic E-state index is 13.3. The Balaban J connectivity index is 1.38. The number of fused-ring (bicyclic) bond motifs is 1. The van der Waals surface area contributed by atoms with Crippen LogP contribution in [0.15, 0.2) is 15.9 Å². The smallest absolute Gasteiger partial charge is 0.380 e. The molecule has 3 saturated carbocycles. The zero-order valence-corrected chi connectivity index (χ0v) is 18.1. The summed E-state index contributed by atoms with van der Waals surface area (Å²) in [5.74, 6) is 1.77. The number of alkyl halides is 3. The average Bonchev–Trinajstić information content (AvgIpc) is 3.28. The summed E-state index contributed by atoms with van der Waals surface area (Å²) in [5.41, 5.74) is -2.90. The van der Waals surface area contributed by atoms with E-state index in [2.05, 4.69) is 4.98 Å². The Morgan fingerprint density at radius 1 is 1.16 bits per heavy atom. The first kappa shape index (κ1) is 21.7. The Labute approximate surface area is 182 Å². The van der Waals surface area contributed by atoms with Gasteiger partial charge in [-0.15, -0.1) is 0 Å². The predicted molar refractivity (Wildman–Crippen MR) is 111 cm³/mol. The molecule has 5 rings (SSSR count). The monoisotopic (exact) mass is 454 g/mol. The molecule has 0 saturated heterocycles. The van der Waals surface area contributed by atoms with Crippen LogP contribution in [0.5, 0.6) is 0 Å². The summed E-state index contributed by atoms with van der Waals surface area (Å²) in [6.07, 6.45) is 1.37. The third-order valence-electron chi connectivity index (χ3n) is 8.17. The number of hydrogen-bond acceptors (Lipinski definition) is 4. The Kier molecular flexibility index (Phi) is 5.07. The Bertz CT molecular complexity index is 1140. The molecule has 2 aromatic rings. The number of imidazole rings is 1. The fraction of sp³-hybridized carbons (Fsp3) is 0.773. The molecule has 3 aliphatic rings. The molecule has 0 aromatic carbocycles. The lowest BCUT2D eigenvalue weighted by atomic mass is 9.78. The molecule has 3 aliphatic carbocycles. The van der Waals surface area contributed by atoms with Crippen molar-refractivity contribution in [2.75, 3.05) is 0 Å². The van der Waals surface area contributed by atoms with Gasteiger partial charge in [0.15, 0.2) is 16.8 Å². The van der Waals surface area contributed by atoms with Crippen molar-refractivity contribution in [2.45, 2.75) is 76.2 Å². The zero-order chi connectivity index (χ0) is 22.8. The van der Waals surface area contributed by atoms with Crippen LogP contribution in [0.25, 0.3) is 11.2 Å². The highest BCUT2D eigenvalue weighted by Gasteiger charge is 2.54. The Morgan fingerprint density at radius 2 is 1.84 bits per heavy atom. The average molecular weight is 454 g/mol. The third-order valence-corrected chi connectivity index (χ3v) is 8.17. The molecule has 0 bridgehead atoms. The SMILES string of the molecule is Cn1c(=O)n(CC2CCC(O)(C(F)(F)F)CC2)c(=O)c2c1ncn2CC1CC1C1CCC1. The van der Waals surface area contributed by atoms with Crippen molar-refractivity contribution in [1.29, 1.82) is 0 Å². The van der Waals surface area contributed by atoms with Gasteiger partial charge in [-0.1, -0.05) is 19.3 Å². The van der Waals surface area contributed by atoms with Crippen LogP contribution >= 0.6 is 0 Å². The minimum atomic E-state index is -4.67. The highest BCUT2D eigenvalue weighted by Crippen LogP contribution is 2.52. The molecule has 10 heteroatoms. The maximum atomic E-state index is 13.3. The number of aliphatic hydroxyl groups is 1. The van der Waals surface area contributed by atoms with Crippen molar-refractivity contribution in [3.05, 3.63) is 27.2 Å². The Hall–Kier alpha value is -2.10. The number of rotatable bonds is 5. The lowest BCUT2D eigenvalue weighted by molar-refractivity contribution is -0.272. The normalized spacial score (nSPS) is 31.1. The van der Waals surface area contributed by atoms with E-state index in [0.29, 0.717) is 29.5 Å². The van der Waals surface area contributed by atoms with Gasteiger partial charge in [0.05, 0.1) is 6.33 Å². The first-order chi connectivity index (χ1) is 15.1. The maximum Gasteiger partial charge on any atom is 0.417 e. The summed E-state index contributed by atoms with van der Waals surface area (Å²) in [6, 6.07) is 0. The molecular formula is C22H29F3N4O3. The minimum absolute atomic E-state index is 0.0503. The van der Waals surface area contributed by atoms with Gasteiger partial charge in [-0.25, -0.2) is 9.78 Å². The largest absolute Gasteiger partial charge is 0.417 e. The van der Waals surface area contributed by atoms with Crippen LogP contribution in [0.2, 0.25) is 0 Å². The first-order valence-electron chi connectivity index (χ1n) is 11.5. The second-order valence-electron chi connectivity index (χ2n) is 10.1. The molecule has 32 heavy (non-hydrogen) atoms. The van der Waals surface area contributed by atoms with Crippen LogP contribution in [-0.2, 0) is 20.1 Å². The number of hydrogen-bond donors (Lipinski definition) is 1. The zero-order valence-electron chi connectivity index (χ0n) is 18.1. The van der Waals surface area contributed by atoms with Gasteiger partial charge in [-0.2, -0.15) is 13.2 Å². The van der Waals surface area contributed by atoms with E-state index >= 15 is 0 Å². The second-order valence-corrected chi connectivity index (χ2v) is 10.1. The summed E-state index contributed by atoms with van der Waals surface area (Å²) < 4.78 is 43.6. The van der Waals surface area contributed by atoms with Crippen molar-refractivity contribution in [1.82, 2.24) is 18.7 Å². The van der Waals surface area contributed by atoms with E-state index in [-0.39, 0.29) is 25.3 Å². The quantitative estimate of drug-likeness (QED) is 0.753. The molecule has 2 unspecified atom stereocenters. The molecule has 2 heterocycles. The lowest BCUT2D eigenvalue weighted by Gasteiger charge is -2.37. The van der Waals surface area contributed by atoms with E-state index < -0.39 is 35.9 Å². The molecule has 3 fully saturated rings. The van der Waals surface area contributed by atoms with Gasteiger partial charge in [0.25, 0.3) is 5.56 Å². The highest BCUT2D eigenvalue weighted by molar-refractivity contribution is 5.70. The van der Waals surface area contributed by atoms with Crippen LogP contribution in [0.1, 0.15) is 51.4 Å². The van der Waals surface area contributed by atoms with Gasteiger partial charge in [-0.3, -0.25) is 13.9 Å². The van der Waals surface area contributed by atoms with Gasteiger partial charge in [-0.05, 0) is 55.8 Å². The molecule has 0 amide bonds. The summed E-state index contributed by atoms with van der Waals surface area (Å²) in [4.78, 5) is 30.4. The van der Waals surface area contributed by atoms with Crippen LogP contribution in [0, 0.1) is 23.7 Å². The van der Waals surface area contributed by atoms with Gasteiger partial charge < -0.3 is 9.67 Å². The van der Waals surface area contributed by atoms with E-state index in [1.54, 1.807) is 13.4 Å². The van der Waals surface area contributed by atoms with Crippen molar-refractivity contribution in [3.63, 3.8) is 0 Å². The van der Waals surface area contributed by atoms with Crippen LogP contribution in [-0.4, -0.2) is 35.6 Å². The molecule has 7 nitrogen and oxygen atoms in total. The molecule has 1 N–H and O–H groups in total. The fourth-order valence-corrected chi connectivity index (χ4v) is 5.68. The minimum Gasteiger partial charge on any atom is -0.380 e. The van der Waals surface area contributed by atoms with E-state index in [1.165, 1.54) is 23.8 Å². The van der Waals surface area contributed by atoms with Crippen molar-refractivity contribution in [2.24, 2.45) is 30.7 Å². The topological polar surface area (TPSA) is 82.0 Å². The Morgan fingerprint density at radius 3 is 2.44 bits per heavy atom. The molecular weight excluding hydrogens is 425 g/mol. The van der Waals surface area contributed by atoms with Gasteiger partial charge in [0.1, 0.15) is 0 Å². The summed E-state index contributed by atoms with van der Waals surface area (Å²) in [5, 5.41) is 9.90. The van der Waals surface area contributed by atoms with E-state index in [1.807, 2.05) is 4.57 Å². The molecule has 0 radical (unpaired) electrons. The number of aromatic nitrogens is 4. The van der Waals surface area contributed by atoms with Crippen LogP contribution < -0.4 is 11.2 Å². The molecule has 176 valence electrons. The molecule has 2 atom stereocenters. The third kappa shape index (κ3) is 3.50. The number of nitrogens with zero attached hydrogens (tertiary/aromatic N) is 4. The number of halogens is 3. The van der Waals surface area contributed by atoms with Gasteiger partial charge >= 0.3 is 11.9 Å². The molecule has 0 spiro atoms.